The highest BCUT2D eigenvalue weighted by Crippen LogP contribution is 2.33. The van der Waals surface area contributed by atoms with E-state index >= 15 is 0 Å². The lowest BCUT2D eigenvalue weighted by Crippen LogP contribution is -2.27. The molecule has 12 nitrogen and oxygen atoms in total. The van der Waals surface area contributed by atoms with Crippen LogP contribution in [0.3, 0.4) is 0 Å². The number of carbonyl (C=O) groups is 1. The number of amides is 1. The molecule has 0 unspecified atom stereocenters. The third-order valence-corrected chi connectivity index (χ3v) is 5.68. The van der Waals surface area contributed by atoms with E-state index in [1.165, 1.54) is 13.2 Å². The van der Waals surface area contributed by atoms with E-state index < -0.39 is 16.2 Å². The molecule has 0 saturated carbocycles. The van der Waals surface area contributed by atoms with Crippen LogP contribution in [0.2, 0.25) is 0 Å². The Morgan fingerprint density at radius 2 is 1.80 bits per heavy atom. The van der Waals surface area contributed by atoms with Gasteiger partial charge in [-0.2, -0.15) is 8.42 Å². The number of anilines is 5. The summed E-state index contributed by atoms with van der Waals surface area (Å²) >= 11 is 0. The molecule has 3 rings (SSSR count). The monoisotopic (exact) mass is 501 g/mol. The quantitative estimate of drug-likeness (QED) is 0.253. The van der Waals surface area contributed by atoms with Crippen LogP contribution in [0.1, 0.15) is 34.4 Å². The number of rotatable bonds is 9. The van der Waals surface area contributed by atoms with Crippen LogP contribution < -0.4 is 20.4 Å². The summed E-state index contributed by atoms with van der Waals surface area (Å²) in [7, 11) is -3.31. The smallest absolute Gasteiger partial charge is 0.353 e. The van der Waals surface area contributed by atoms with Crippen LogP contribution >= 0.6 is 0 Å². The first-order valence-corrected chi connectivity index (χ1v) is 12.0. The molecule has 2 aromatic heterocycles. The molecule has 0 bridgehead atoms. The van der Waals surface area contributed by atoms with E-state index in [0.717, 1.165) is 15.6 Å². The molecule has 1 amide bonds. The summed E-state index contributed by atoms with van der Waals surface area (Å²) in [5, 5.41) is 6.16. The predicted molar refractivity (Wildman–Crippen MR) is 133 cm³/mol. The van der Waals surface area contributed by atoms with E-state index in [1.807, 2.05) is 6.92 Å². The van der Waals surface area contributed by atoms with Gasteiger partial charge in [-0.1, -0.05) is 6.07 Å². The Hall–Kier alpha value is -3.81. The second-order valence-electron chi connectivity index (χ2n) is 7.64. The summed E-state index contributed by atoms with van der Waals surface area (Å²) in [5.74, 6) is 0.909. The molecule has 2 heterocycles. The van der Waals surface area contributed by atoms with Crippen molar-refractivity contribution in [3.63, 3.8) is 0 Å². The minimum atomic E-state index is -4.53. The summed E-state index contributed by atoms with van der Waals surface area (Å²) in [6.45, 7) is 7.37. The van der Waals surface area contributed by atoms with Crippen molar-refractivity contribution in [2.45, 2.75) is 27.7 Å². The number of hydrogen-bond acceptors (Lipinski definition) is 9. The van der Waals surface area contributed by atoms with Crippen LogP contribution in [-0.2, 0) is 15.1 Å². The van der Waals surface area contributed by atoms with E-state index in [9.17, 15) is 17.8 Å². The van der Waals surface area contributed by atoms with Crippen molar-refractivity contribution in [1.82, 2.24) is 20.4 Å². The van der Waals surface area contributed by atoms with E-state index in [4.69, 9.17) is 4.84 Å². The molecule has 0 aliphatic rings. The van der Waals surface area contributed by atoms with Crippen molar-refractivity contribution in [2.24, 2.45) is 0 Å². The molecule has 186 valence electrons. The van der Waals surface area contributed by atoms with Gasteiger partial charge in [0.05, 0.1) is 29.2 Å². The molecule has 0 aliphatic carbocycles. The Morgan fingerprint density at radius 3 is 2.46 bits per heavy atom. The summed E-state index contributed by atoms with van der Waals surface area (Å²) in [4.78, 5) is 30.6. The molecule has 0 aliphatic heterocycles. The summed E-state index contributed by atoms with van der Waals surface area (Å²) in [6, 6.07) is 8.31. The Morgan fingerprint density at radius 1 is 1.06 bits per heavy atom. The normalized spacial score (nSPS) is 11.1. The van der Waals surface area contributed by atoms with Crippen molar-refractivity contribution >= 4 is 44.9 Å². The average molecular weight is 502 g/mol. The first-order chi connectivity index (χ1) is 16.5. The molecule has 3 aromatic rings. The zero-order chi connectivity index (χ0) is 25.8. The number of benzene rings is 1. The molecule has 4 N–H and O–H groups in total. The van der Waals surface area contributed by atoms with Gasteiger partial charge in [0.15, 0.2) is 0 Å². The Labute approximate surface area is 203 Å². The van der Waals surface area contributed by atoms with Gasteiger partial charge in [-0.15, -0.1) is 0 Å². The predicted octanol–water partition coefficient (Wildman–Crippen LogP) is 3.20. The van der Waals surface area contributed by atoms with Crippen LogP contribution in [0.25, 0.3) is 0 Å². The molecule has 0 saturated heterocycles. The van der Waals surface area contributed by atoms with E-state index in [0.29, 0.717) is 28.8 Å². The number of aromatic nitrogens is 3. The third kappa shape index (κ3) is 6.62. The fourth-order valence-corrected chi connectivity index (χ4v) is 3.59. The van der Waals surface area contributed by atoms with Crippen molar-refractivity contribution in [3.8, 4) is 0 Å². The average Bonchev–Trinajstić information content (AvgIpc) is 2.77. The highest BCUT2D eigenvalue weighted by atomic mass is 32.2. The third-order valence-electron chi connectivity index (χ3n) is 4.79. The molecular weight excluding hydrogens is 474 g/mol. The lowest BCUT2D eigenvalue weighted by Gasteiger charge is -2.21. The highest BCUT2D eigenvalue weighted by Gasteiger charge is 2.20. The first-order valence-electron chi connectivity index (χ1n) is 10.6. The maximum Gasteiger partial charge on any atom is 0.359 e. The van der Waals surface area contributed by atoms with Gasteiger partial charge in [0, 0.05) is 31.1 Å². The molecular formula is C22H27N7O5S. The molecule has 0 radical (unpaired) electrons. The first kappa shape index (κ1) is 25.8. The fraction of sp³-hybridized carbons (Fsp3) is 0.273. The van der Waals surface area contributed by atoms with Crippen LogP contribution in [-0.4, -0.2) is 47.5 Å². The maximum atomic E-state index is 12.7. The van der Waals surface area contributed by atoms with Gasteiger partial charge in [0.2, 0.25) is 0 Å². The number of nitrogens with one attached hydrogen (secondary N) is 3. The molecule has 0 atom stereocenters. The standard InChI is InChI=1S/C22H27N7O5S/c1-6-34-28-22(30)16-12-23-20(27-21-10-14(3)24-15(4)25-21)11-18(16)26-17-8-7-13(2)9-19(17)29(5)35(31,32)33/h7-12H,6H2,1-5H3,(H,28,30)(H,31,32,33)(H2,23,24,25,26,27). The van der Waals surface area contributed by atoms with Crippen LogP contribution in [0.4, 0.5) is 28.7 Å². The molecule has 35 heavy (non-hydrogen) atoms. The zero-order valence-corrected chi connectivity index (χ0v) is 20.8. The van der Waals surface area contributed by atoms with Gasteiger partial charge >= 0.3 is 10.3 Å². The van der Waals surface area contributed by atoms with Crippen molar-refractivity contribution in [3.05, 3.63) is 59.2 Å². The Balaban J connectivity index is 2.06. The SMILES string of the molecule is CCONC(=O)c1cnc(Nc2cc(C)nc(C)n2)cc1Nc1ccc(C)cc1N(C)S(=O)(=O)O. The van der Waals surface area contributed by atoms with Crippen LogP contribution in [0, 0.1) is 20.8 Å². The number of hydroxylamine groups is 1. The number of nitrogens with zero attached hydrogens (tertiary/aromatic N) is 4. The van der Waals surface area contributed by atoms with E-state index in [1.54, 1.807) is 51.1 Å². The van der Waals surface area contributed by atoms with Gasteiger partial charge in [-0.3, -0.25) is 14.2 Å². The van der Waals surface area contributed by atoms with Crippen molar-refractivity contribution in [1.29, 1.82) is 0 Å². The number of pyridine rings is 1. The lowest BCUT2D eigenvalue weighted by molar-refractivity contribution is 0.0365. The molecule has 1 aromatic carbocycles. The molecule has 13 heteroatoms. The van der Waals surface area contributed by atoms with E-state index in [-0.39, 0.29) is 17.9 Å². The number of hydrogen-bond donors (Lipinski definition) is 4. The second-order valence-corrected chi connectivity index (χ2v) is 9.08. The number of carbonyl (C=O) groups excluding carboxylic acids is 1. The molecule has 0 spiro atoms. The van der Waals surface area contributed by atoms with Gasteiger partial charge in [-0.05, 0) is 45.4 Å². The van der Waals surface area contributed by atoms with Crippen molar-refractivity contribution in [2.75, 3.05) is 28.6 Å². The maximum absolute atomic E-state index is 12.7. The zero-order valence-electron chi connectivity index (χ0n) is 19.9. The summed E-state index contributed by atoms with van der Waals surface area (Å²) in [5.41, 5.74) is 4.80. The molecule has 0 fully saturated rings. The minimum absolute atomic E-state index is 0.139. The van der Waals surface area contributed by atoms with Gasteiger partial charge in [0.25, 0.3) is 5.91 Å². The van der Waals surface area contributed by atoms with Crippen LogP contribution in [0.5, 0.6) is 0 Å². The second kappa shape index (κ2) is 10.6. The van der Waals surface area contributed by atoms with Crippen molar-refractivity contribution < 1.29 is 22.6 Å². The van der Waals surface area contributed by atoms with E-state index in [2.05, 4.69) is 31.1 Å². The summed E-state index contributed by atoms with van der Waals surface area (Å²) in [6.07, 6.45) is 1.35. The minimum Gasteiger partial charge on any atom is -0.353 e. The largest absolute Gasteiger partial charge is 0.359 e. The highest BCUT2D eigenvalue weighted by molar-refractivity contribution is 7.87. The van der Waals surface area contributed by atoms with Gasteiger partial charge in [0.1, 0.15) is 17.5 Å². The van der Waals surface area contributed by atoms with Gasteiger partial charge < -0.3 is 10.6 Å². The van der Waals surface area contributed by atoms with Gasteiger partial charge in [-0.25, -0.2) is 24.7 Å². The Bertz CT molecular complexity index is 1330. The summed E-state index contributed by atoms with van der Waals surface area (Å²) < 4.78 is 33.9. The lowest BCUT2D eigenvalue weighted by atomic mass is 10.1. The number of aryl methyl sites for hydroxylation is 3. The Kier molecular flexibility index (Phi) is 7.84. The fourth-order valence-electron chi connectivity index (χ4n) is 3.19. The van der Waals surface area contributed by atoms with Crippen LogP contribution in [0.15, 0.2) is 36.5 Å². The topological polar surface area (TPSA) is 159 Å².